The Morgan fingerprint density at radius 3 is 2.31 bits per heavy atom. The Morgan fingerprint density at radius 2 is 1.62 bits per heavy atom. The SMILES string of the molecule is [CH2]c1cnn(-c2ccc(-c3ccc(F)cc3)nc2)c1-c1ccccc1F. The molecule has 127 valence electrons. The Labute approximate surface area is 149 Å². The van der Waals surface area contributed by atoms with Gasteiger partial charge in [-0.05, 0) is 61.0 Å². The van der Waals surface area contributed by atoms with E-state index in [0.717, 1.165) is 5.56 Å². The molecule has 0 amide bonds. The summed E-state index contributed by atoms with van der Waals surface area (Å²) in [5, 5.41) is 4.32. The van der Waals surface area contributed by atoms with Crippen LogP contribution in [0.15, 0.2) is 73.1 Å². The molecule has 0 atom stereocenters. The molecule has 26 heavy (non-hydrogen) atoms. The van der Waals surface area contributed by atoms with Crippen molar-refractivity contribution in [2.24, 2.45) is 0 Å². The summed E-state index contributed by atoms with van der Waals surface area (Å²) in [6.45, 7) is 3.95. The van der Waals surface area contributed by atoms with Gasteiger partial charge in [0.1, 0.15) is 11.6 Å². The number of aromatic nitrogens is 3. The molecule has 0 spiro atoms. The van der Waals surface area contributed by atoms with Gasteiger partial charge in [-0.2, -0.15) is 5.10 Å². The highest BCUT2D eigenvalue weighted by atomic mass is 19.1. The van der Waals surface area contributed by atoms with Crippen LogP contribution < -0.4 is 0 Å². The van der Waals surface area contributed by atoms with Crippen molar-refractivity contribution in [3.8, 4) is 28.2 Å². The largest absolute Gasteiger partial charge is 0.254 e. The maximum absolute atomic E-state index is 14.2. The van der Waals surface area contributed by atoms with Gasteiger partial charge < -0.3 is 0 Å². The van der Waals surface area contributed by atoms with Crippen molar-refractivity contribution in [2.75, 3.05) is 0 Å². The van der Waals surface area contributed by atoms with Crippen molar-refractivity contribution < 1.29 is 8.78 Å². The molecule has 0 bridgehead atoms. The van der Waals surface area contributed by atoms with E-state index in [2.05, 4.69) is 17.0 Å². The Balaban J connectivity index is 1.75. The van der Waals surface area contributed by atoms with E-state index in [1.54, 1.807) is 47.4 Å². The number of halogens is 2. The van der Waals surface area contributed by atoms with Crippen LogP contribution in [0.2, 0.25) is 0 Å². The number of hydrogen-bond acceptors (Lipinski definition) is 2. The van der Waals surface area contributed by atoms with Gasteiger partial charge in [0, 0.05) is 11.1 Å². The van der Waals surface area contributed by atoms with Gasteiger partial charge in [-0.3, -0.25) is 4.98 Å². The molecule has 0 aliphatic rings. The fourth-order valence-electron chi connectivity index (χ4n) is 2.82. The van der Waals surface area contributed by atoms with Crippen LogP contribution in [0.1, 0.15) is 5.56 Å². The van der Waals surface area contributed by atoms with Gasteiger partial charge in [0.15, 0.2) is 0 Å². The number of benzene rings is 2. The molecule has 0 fully saturated rings. The van der Waals surface area contributed by atoms with Crippen molar-refractivity contribution >= 4 is 0 Å². The maximum atomic E-state index is 14.2. The molecular weight excluding hydrogens is 332 g/mol. The summed E-state index contributed by atoms with van der Waals surface area (Å²) in [6, 6.07) is 16.3. The van der Waals surface area contributed by atoms with Gasteiger partial charge in [-0.1, -0.05) is 12.1 Å². The molecule has 4 rings (SSSR count). The van der Waals surface area contributed by atoms with Gasteiger partial charge in [-0.15, -0.1) is 0 Å². The minimum absolute atomic E-state index is 0.292. The van der Waals surface area contributed by atoms with Gasteiger partial charge in [-0.25, -0.2) is 13.5 Å². The third-order valence-electron chi connectivity index (χ3n) is 4.11. The van der Waals surface area contributed by atoms with Gasteiger partial charge in [0.05, 0.1) is 29.5 Å². The third-order valence-corrected chi connectivity index (χ3v) is 4.11. The predicted octanol–water partition coefficient (Wildman–Crippen LogP) is 5.06. The summed E-state index contributed by atoms with van der Waals surface area (Å²) in [5.74, 6) is -0.630. The third kappa shape index (κ3) is 2.88. The second kappa shape index (κ2) is 6.52. The average Bonchev–Trinajstić information content (AvgIpc) is 3.04. The molecule has 0 saturated heterocycles. The smallest absolute Gasteiger partial charge is 0.132 e. The lowest BCUT2D eigenvalue weighted by Crippen LogP contribution is -2.01. The van der Waals surface area contributed by atoms with Crippen molar-refractivity contribution in [1.29, 1.82) is 0 Å². The maximum Gasteiger partial charge on any atom is 0.132 e. The minimum atomic E-state index is -0.338. The number of nitrogens with zero attached hydrogens (tertiary/aromatic N) is 3. The highest BCUT2D eigenvalue weighted by molar-refractivity contribution is 5.67. The summed E-state index contributed by atoms with van der Waals surface area (Å²) in [4.78, 5) is 4.42. The van der Waals surface area contributed by atoms with Crippen LogP contribution in [0.4, 0.5) is 8.78 Å². The summed E-state index contributed by atoms with van der Waals surface area (Å²) >= 11 is 0. The number of rotatable bonds is 3. The highest BCUT2D eigenvalue weighted by Crippen LogP contribution is 2.28. The van der Waals surface area contributed by atoms with Crippen LogP contribution in [0.5, 0.6) is 0 Å². The average molecular weight is 346 g/mol. The molecule has 0 aliphatic heterocycles. The summed E-state index contributed by atoms with van der Waals surface area (Å²) < 4.78 is 28.9. The molecule has 0 saturated carbocycles. The molecular formula is C21H14F2N3. The number of hydrogen-bond donors (Lipinski definition) is 0. The van der Waals surface area contributed by atoms with E-state index in [0.29, 0.717) is 28.2 Å². The zero-order valence-electron chi connectivity index (χ0n) is 13.7. The Bertz CT molecular complexity index is 1050. The number of pyridine rings is 1. The fraction of sp³-hybridized carbons (Fsp3) is 0. The quantitative estimate of drug-likeness (QED) is 0.519. The first-order valence-electron chi connectivity index (χ1n) is 8.01. The molecule has 2 aromatic carbocycles. The molecule has 4 aromatic rings. The first kappa shape index (κ1) is 16.1. The van der Waals surface area contributed by atoms with Crippen LogP contribution in [0.25, 0.3) is 28.2 Å². The summed E-state index contributed by atoms with van der Waals surface area (Å²) in [5.41, 5.74) is 3.84. The standard InChI is InChI=1S/C21H14F2N3/c1-14-12-25-26(21(14)18-4-2-3-5-19(18)23)17-10-11-20(24-13-17)15-6-8-16(22)9-7-15/h2-13H,1H2. The van der Waals surface area contributed by atoms with Crippen molar-refractivity contribution in [1.82, 2.24) is 14.8 Å². The van der Waals surface area contributed by atoms with Crippen molar-refractivity contribution in [3.63, 3.8) is 0 Å². The van der Waals surface area contributed by atoms with Gasteiger partial charge in [0.25, 0.3) is 0 Å². The first-order chi connectivity index (χ1) is 12.6. The molecule has 2 heterocycles. The summed E-state index contributed by atoms with van der Waals surface area (Å²) in [7, 11) is 0. The van der Waals surface area contributed by atoms with E-state index < -0.39 is 0 Å². The molecule has 5 heteroatoms. The van der Waals surface area contributed by atoms with Crippen molar-refractivity contribution in [2.45, 2.75) is 0 Å². The Hall–Kier alpha value is -3.34. The zero-order chi connectivity index (χ0) is 18.1. The Morgan fingerprint density at radius 1 is 0.846 bits per heavy atom. The van der Waals surface area contributed by atoms with E-state index in [-0.39, 0.29) is 11.6 Å². The monoisotopic (exact) mass is 346 g/mol. The second-order valence-corrected chi connectivity index (χ2v) is 5.82. The molecule has 0 unspecified atom stereocenters. The minimum Gasteiger partial charge on any atom is -0.254 e. The van der Waals surface area contributed by atoms with E-state index in [1.807, 2.05) is 12.1 Å². The molecule has 0 aliphatic carbocycles. The van der Waals surface area contributed by atoms with Crippen LogP contribution in [-0.4, -0.2) is 14.8 Å². The van der Waals surface area contributed by atoms with E-state index in [1.165, 1.54) is 18.2 Å². The molecule has 1 radical (unpaired) electrons. The zero-order valence-corrected chi connectivity index (χ0v) is 13.7. The molecule has 2 aromatic heterocycles. The Kier molecular flexibility index (Phi) is 4.05. The second-order valence-electron chi connectivity index (χ2n) is 5.82. The van der Waals surface area contributed by atoms with Gasteiger partial charge >= 0.3 is 0 Å². The normalized spacial score (nSPS) is 10.9. The van der Waals surface area contributed by atoms with Crippen LogP contribution in [0, 0.1) is 18.6 Å². The topological polar surface area (TPSA) is 30.7 Å². The summed E-state index contributed by atoms with van der Waals surface area (Å²) in [6.07, 6.45) is 3.24. The first-order valence-corrected chi connectivity index (χ1v) is 8.01. The molecule has 0 N–H and O–H groups in total. The van der Waals surface area contributed by atoms with E-state index >= 15 is 0 Å². The highest BCUT2D eigenvalue weighted by Gasteiger charge is 2.15. The van der Waals surface area contributed by atoms with Crippen LogP contribution in [0.3, 0.4) is 0 Å². The lowest BCUT2D eigenvalue weighted by atomic mass is 10.1. The predicted molar refractivity (Wildman–Crippen MR) is 96.6 cm³/mol. The van der Waals surface area contributed by atoms with E-state index in [4.69, 9.17) is 0 Å². The lowest BCUT2D eigenvalue weighted by molar-refractivity contribution is 0.628. The van der Waals surface area contributed by atoms with E-state index in [9.17, 15) is 8.78 Å². The fourth-order valence-corrected chi connectivity index (χ4v) is 2.82. The molecule has 3 nitrogen and oxygen atoms in total. The van der Waals surface area contributed by atoms with Gasteiger partial charge in [0.2, 0.25) is 0 Å². The lowest BCUT2D eigenvalue weighted by Gasteiger charge is -2.10. The van der Waals surface area contributed by atoms with Crippen LogP contribution in [-0.2, 0) is 0 Å². The van der Waals surface area contributed by atoms with Crippen molar-refractivity contribution in [3.05, 3.63) is 97.2 Å². The van der Waals surface area contributed by atoms with Crippen LogP contribution >= 0.6 is 0 Å².